The third-order valence-corrected chi connectivity index (χ3v) is 2.44. The number of aromatic nitrogens is 3. The Morgan fingerprint density at radius 1 is 1.43 bits per heavy atom. The van der Waals surface area contributed by atoms with E-state index in [0.29, 0.717) is 0 Å². The molecular formula is C9H11BrN4. The number of halogens is 1. The second-order valence-corrected chi connectivity index (χ2v) is 4.29. The molecule has 5 heteroatoms. The fourth-order valence-electron chi connectivity index (χ4n) is 1.33. The fourth-order valence-corrected chi connectivity index (χ4v) is 1.75. The Morgan fingerprint density at radius 2 is 2.21 bits per heavy atom. The summed E-state index contributed by atoms with van der Waals surface area (Å²) in [5, 5.41) is 0. The molecule has 0 aromatic carbocycles. The highest BCUT2D eigenvalue weighted by molar-refractivity contribution is 9.10. The predicted molar refractivity (Wildman–Crippen MR) is 59.0 cm³/mol. The van der Waals surface area contributed by atoms with E-state index >= 15 is 0 Å². The zero-order valence-corrected chi connectivity index (χ0v) is 9.67. The van der Waals surface area contributed by atoms with Gasteiger partial charge in [-0.3, -0.25) is 4.98 Å². The second kappa shape index (κ2) is 3.67. The molecule has 0 spiro atoms. The molecule has 2 aromatic rings. The Bertz CT molecular complexity index is 449. The summed E-state index contributed by atoms with van der Waals surface area (Å²) >= 11 is 3.42. The zero-order valence-electron chi connectivity index (χ0n) is 8.08. The van der Waals surface area contributed by atoms with Gasteiger partial charge in [0.15, 0.2) is 0 Å². The number of fused-ring (bicyclic) bond motifs is 1. The van der Waals surface area contributed by atoms with Gasteiger partial charge in [0.2, 0.25) is 0 Å². The van der Waals surface area contributed by atoms with Crippen LogP contribution in [0.5, 0.6) is 0 Å². The largest absolute Gasteiger partial charge is 0.340 e. The Morgan fingerprint density at radius 3 is 2.86 bits per heavy atom. The second-order valence-electron chi connectivity index (χ2n) is 3.44. The van der Waals surface area contributed by atoms with Gasteiger partial charge in [-0.25, -0.2) is 4.98 Å². The number of nitrogens with zero attached hydrogens (tertiary/aromatic N) is 3. The minimum absolute atomic E-state index is 0.807. The number of nitrogens with one attached hydrogen (secondary N) is 1. The third-order valence-electron chi connectivity index (χ3n) is 1.86. The minimum Gasteiger partial charge on any atom is -0.340 e. The van der Waals surface area contributed by atoms with Gasteiger partial charge in [-0.1, -0.05) is 0 Å². The highest BCUT2D eigenvalue weighted by Gasteiger charge is 2.06. The van der Waals surface area contributed by atoms with Crippen LogP contribution >= 0.6 is 15.9 Å². The number of pyridine rings is 1. The standard InChI is InChI=1S/C9H11BrN4/c1-14(2)5-8-12-7-4-11-3-6(10)9(7)13-8/h3-4H,5H2,1-2H3,(H,12,13). The zero-order chi connectivity index (χ0) is 10.1. The lowest BCUT2D eigenvalue weighted by Gasteiger charge is -2.04. The molecule has 0 atom stereocenters. The quantitative estimate of drug-likeness (QED) is 0.889. The smallest absolute Gasteiger partial charge is 0.121 e. The van der Waals surface area contributed by atoms with E-state index in [1.165, 1.54) is 0 Å². The molecule has 2 rings (SSSR count). The van der Waals surface area contributed by atoms with Crippen LogP contribution in [0.1, 0.15) is 5.82 Å². The molecule has 0 saturated carbocycles. The lowest BCUT2D eigenvalue weighted by molar-refractivity contribution is 0.392. The average Bonchev–Trinajstić information content (AvgIpc) is 2.47. The summed E-state index contributed by atoms with van der Waals surface area (Å²) in [5.74, 6) is 0.957. The van der Waals surface area contributed by atoms with E-state index in [1.807, 2.05) is 14.1 Å². The van der Waals surface area contributed by atoms with E-state index in [0.717, 1.165) is 27.9 Å². The van der Waals surface area contributed by atoms with E-state index in [1.54, 1.807) is 12.4 Å². The van der Waals surface area contributed by atoms with E-state index in [2.05, 4.69) is 35.8 Å². The van der Waals surface area contributed by atoms with Crippen molar-refractivity contribution in [3.8, 4) is 0 Å². The normalized spacial score (nSPS) is 11.4. The van der Waals surface area contributed by atoms with Gasteiger partial charge in [-0.15, -0.1) is 0 Å². The molecule has 14 heavy (non-hydrogen) atoms. The molecule has 2 heterocycles. The van der Waals surface area contributed by atoms with Crippen molar-refractivity contribution in [2.75, 3.05) is 14.1 Å². The first kappa shape index (κ1) is 9.61. The van der Waals surface area contributed by atoms with Crippen LogP contribution in [-0.4, -0.2) is 33.9 Å². The molecule has 0 aliphatic heterocycles. The van der Waals surface area contributed by atoms with Gasteiger partial charge < -0.3 is 9.88 Å². The van der Waals surface area contributed by atoms with Gasteiger partial charge in [-0.05, 0) is 30.0 Å². The van der Waals surface area contributed by atoms with Crippen molar-refractivity contribution in [3.05, 3.63) is 22.7 Å². The van der Waals surface area contributed by atoms with Crippen LogP contribution in [0.3, 0.4) is 0 Å². The monoisotopic (exact) mass is 254 g/mol. The number of hydrogen-bond acceptors (Lipinski definition) is 3. The Kier molecular flexibility index (Phi) is 2.52. The molecule has 74 valence electrons. The maximum atomic E-state index is 4.47. The summed E-state index contributed by atoms with van der Waals surface area (Å²) in [5.41, 5.74) is 1.91. The summed E-state index contributed by atoms with van der Waals surface area (Å²) in [4.78, 5) is 13.8. The number of H-pyrrole nitrogens is 1. The lowest BCUT2D eigenvalue weighted by Crippen LogP contribution is -2.11. The molecule has 0 aliphatic rings. The van der Waals surface area contributed by atoms with Crippen molar-refractivity contribution in [3.63, 3.8) is 0 Å². The predicted octanol–water partition coefficient (Wildman–Crippen LogP) is 1.78. The molecule has 0 bridgehead atoms. The molecule has 0 saturated heterocycles. The van der Waals surface area contributed by atoms with E-state index in [-0.39, 0.29) is 0 Å². The SMILES string of the molecule is CN(C)Cc1nc2c(Br)cncc2[nH]1. The van der Waals surface area contributed by atoms with E-state index < -0.39 is 0 Å². The van der Waals surface area contributed by atoms with Crippen LogP contribution in [0.25, 0.3) is 11.0 Å². The average molecular weight is 255 g/mol. The van der Waals surface area contributed by atoms with Crippen molar-refractivity contribution in [1.82, 2.24) is 19.9 Å². The van der Waals surface area contributed by atoms with Crippen molar-refractivity contribution in [2.45, 2.75) is 6.54 Å². The molecular weight excluding hydrogens is 244 g/mol. The van der Waals surface area contributed by atoms with Crippen LogP contribution in [0.15, 0.2) is 16.9 Å². The highest BCUT2D eigenvalue weighted by atomic mass is 79.9. The van der Waals surface area contributed by atoms with Gasteiger partial charge in [-0.2, -0.15) is 0 Å². The summed E-state index contributed by atoms with van der Waals surface area (Å²) < 4.78 is 0.927. The van der Waals surface area contributed by atoms with Crippen LogP contribution in [-0.2, 0) is 6.54 Å². The first-order chi connectivity index (χ1) is 6.66. The third kappa shape index (κ3) is 1.78. The van der Waals surface area contributed by atoms with Gasteiger partial charge in [0.25, 0.3) is 0 Å². The summed E-state index contributed by atoms with van der Waals surface area (Å²) in [6.07, 6.45) is 3.54. The Labute approximate surface area is 90.5 Å². The van der Waals surface area contributed by atoms with Crippen molar-refractivity contribution in [2.24, 2.45) is 0 Å². The van der Waals surface area contributed by atoms with E-state index in [4.69, 9.17) is 0 Å². The van der Waals surface area contributed by atoms with Gasteiger partial charge >= 0.3 is 0 Å². The van der Waals surface area contributed by atoms with Crippen molar-refractivity contribution in [1.29, 1.82) is 0 Å². The molecule has 0 unspecified atom stereocenters. The molecule has 0 radical (unpaired) electrons. The minimum atomic E-state index is 0.807. The summed E-state index contributed by atoms with van der Waals surface area (Å²) in [6.45, 7) is 0.807. The number of imidazole rings is 1. The van der Waals surface area contributed by atoms with Gasteiger partial charge in [0.1, 0.15) is 11.3 Å². The van der Waals surface area contributed by atoms with Gasteiger partial charge in [0, 0.05) is 6.20 Å². The van der Waals surface area contributed by atoms with Crippen molar-refractivity contribution >= 4 is 27.0 Å². The molecule has 0 aliphatic carbocycles. The topological polar surface area (TPSA) is 44.8 Å². The van der Waals surface area contributed by atoms with Crippen LogP contribution in [0.4, 0.5) is 0 Å². The molecule has 0 amide bonds. The van der Waals surface area contributed by atoms with Gasteiger partial charge in [0.05, 0.1) is 22.7 Å². The van der Waals surface area contributed by atoms with Crippen LogP contribution in [0, 0.1) is 0 Å². The first-order valence-corrected chi connectivity index (χ1v) is 5.09. The van der Waals surface area contributed by atoms with E-state index in [9.17, 15) is 0 Å². The summed E-state index contributed by atoms with van der Waals surface area (Å²) in [6, 6.07) is 0. The maximum absolute atomic E-state index is 4.47. The first-order valence-electron chi connectivity index (χ1n) is 4.29. The molecule has 1 N–H and O–H groups in total. The number of rotatable bonds is 2. The van der Waals surface area contributed by atoms with Crippen LogP contribution in [0.2, 0.25) is 0 Å². The Hall–Kier alpha value is -0.940. The number of hydrogen-bond donors (Lipinski definition) is 1. The molecule has 2 aromatic heterocycles. The molecule has 4 nitrogen and oxygen atoms in total. The van der Waals surface area contributed by atoms with Crippen LogP contribution < -0.4 is 0 Å². The lowest BCUT2D eigenvalue weighted by atomic mass is 10.4. The molecule has 0 fully saturated rings. The van der Waals surface area contributed by atoms with Crippen molar-refractivity contribution < 1.29 is 0 Å². The Balaban J connectivity index is 2.46. The number of aromatic amines is 1. The fraction of sp³-hybridized carbons (Fsp3) is 0.333. The highest BCUT2D eigenvalue weighted by Crippen LogP contribution is 2.20. The maximum Gasteiger partial charge on any atom is 0.121 e. The summed E-state index contributed by atoms with van der Waals surface area (Å²) in [7, 11) is 4.03.